The molecule has 19 heavy (non-hydrogen) atoms. The number of hydrogen-bond acceptors (Lipinski definition) is 2. The SMILES string of the molecule is CCc1ccccc1OC(CN)c1ccccc1Cl. The molecule has 0 spiro atoms. The summed E-state index contributed by atoms with van der Waals surface area (Å²) in [7, 11) is 0. The fraction of sp³-hybridized carbons (Fsp3) is 0.250. The lowest BCUT2D eigenvalue weighted by atomic mass is 10.1. The van der Waals surface area contributed by atoms with E-state index in [2.05, 4.69) is 13.0 Å². The van der Waals surface area contributed by atoms with Crippen molar-refractivity contribution in [2.45, 2.75) is 19.4 Å². The normalized spacial score (nSPS) is 12.2. The van der Waals surface area contributed by atoms with Crippen LogP contribution in [-0.4, -0.2) is 6.54 Å². The second kappa shape index (κ2) is 6.60. The summed E-state index contributed by atoms with van der Waals surface area (Å²) in [5.41, 5.74) is 7.93. The molecule has 2 N–H and O–H groups in total. The molecular formula is C16H18ClNO. The van der Waals surface area contributed by atoms with E-state index in [9.17, 15) is 0 Å². The number of nitrogens with two attached hydrogens (primary N) is 1. The Morgan fingerprint density at radius 2 is 1.79 bits per heavy atom. The number of rotatable bonds is 5. The van der Waals surface area contributed by atoms with Crippen LogP contribution in [0.25, 0.3) is 0 Å². The Labute approximate surface area is 119 Å². The molecule has 0 aliphatic rings. The van der Waals surface area contributed by atoms with Gasteiger partial charge in [-0.15, -0.1) is 0 Å². The molecular weight excluding hydrogens is 258 g/mol. The first-order chi connectivity index (χ1) is 9.26. The first kappa shape index (κ1) is 13.9. The molecule has 0 aliphatic heterocycles. The van der Waals surface area contributed by atoms with Gasteiger partial charge in [-0.3, -0.25) is 0 Å². The van der Waals surface area contributed by atoms with Crippen LogP contribution in [0, 0.1) is 0 Å². The maximum Gasteiger partial charge on any atom is 0.137 e. The molecule has 2 nitrogen and oxygen atoms in total. The lowest BCUT2D eigenvalue weighted by Gasteiger charge is -2.20. The summed E-state index contributed by atoms with van der Waals surface area (Å²) in [5.74, 6) is 0.875. The maximum atomic E-state index is 6.20. The zero-order valence-corrected chi connectivity index (χ0v) is 11.7. The summed E-state index contributed by atoms with van der Waals surface area (Å²) < 4.78 is 6.04. The van der Waals surface area contributed by atoms with E-state index in [1.54, 1.807) is 0 Å². The molecule has 0 radical (unpaired) electrons. The van der Waals surface area contributed by atoms with Gasteiger partial charge < -0.3 is 10.5 Å². The molecule has 2 rings (SSSR count). The number of hydrogen-bond donors (Lipinski definition) is 1. The van der Waals surface area contributed by atoms with E-state index in [0.29, 0.717) is 11.6 Å². The van der Waals surface area contributed by atoms with Crippen LogP contribution < -0.4 is 10.5 Å². The van der Waals surface area contributed by atoms with Crippen molar-refractivity contribution in [2.75, 3.05) is 6.54 Å². The molecule has 1 atom stereocenters. The van der Waals surface area contributed by atoms with Crippen LogP contribution in [0.5, 0.6) is 5.75 Å². The van der Waals surface area contributed by atoms with Crippen LogP contribution in [-0.2, 0) is 6.42 Å². The predicted molar refractivity (Wildman–Crippen MR) is 79.7 cm³/mol. The predicted octanol–water partition coefficient (Wildman–Crippen LogP) is 3.98. The quantitative estimate of drug-likeness (QED) is 0.896. The van der Waals surface area contributed by atoms with Crippen molar-refractivity contribution in [2.24, 2.45) is 5.73 Å². The lowest BCUT2D eigenvalue weighted by Crippen LogP contribution is -2.19. The van der Waals surface area contributed by atoms with Crippen LogP contribution in [0.3, 0.4) is 0 Å². The van der Waals surface area contributed by atoms with E-state index >= 15 is 0 Å². The van der Waals surface area contributed by atoms with Gasteiger partial charge in [0.2, 0.25) is 0 Å². The third-order valence-corrected chi connectivity index (χ3v) is 3.43. The highest BCUT2D eigenvalue weighted by Crippen LogP contribution is 2.28. The number of para-hydroxylation sites is 1. The number of ether oxygens (including phenoxy) is 1. The fourth-order valence-electron chi connectivity index (χ4n) is 2.04. The molecule has 0 aromatic heterocycles. The largest absolute Gasteiger partial charge is 0.484 e. The minimum absolute atomic E-state index is 0.221. The Hall–Kier alpha value is -1.51. The highest BCUT2D eigenvalue weighted by atomic mass is 35.5. The van der Waals surface area contributed by atoms with E-state index in [1.807, 2.05) is 42.5 Å². The Morgan fingerprint density at radius 1 is 1.11 bits per heavy atom. The smallest absolute Gasteiger partial charge is 0.137 e. The summed E-state index contributed by atoms with van der Waals surface area (Å²) in [5, 5.41) is 0.687. The van der Waals surface area contributed by atoms with Crippen molar-refractivity contribution in [3.8, 4) is 5.75 Å². The van der Waals surface area contributed by atoms with E-state index in [0.717, 1.165) is 17.7 Å². The number of benzene rings is 2. The first-order valence-corrected chi connectivity index (χ1v) is 6.83. The van der Waals surface area contributed by atoms with Gasteiger partial charge in [0.15, 0.2) is 0 Å². The third-order valence-electron chi connectivity index (χ3n) is 3.09. The summed E-state index contributed by atoms with van der Waals surface area (Å²) in [4.78, 5) is 0. The average Bonchev–Trinajstić information content (AvgIpc) is 2.46. The summed E-state index contributed by atoms with van der Waals surface area (Å²) >= 11 is 6.20. The molecule has 0 saturated heterocycles. The summed E-state index contributed by atoms with van der Waals surface area (Å²) in [6, 6.07) is 15.7. The van der Waals surface area contributed by atoms with Crippen LogP contribution in [0.1, 0.15) is 24.2 Å². The second-order valence-electron chi connectivity index (χ2n) is 4.32. The van der Waals surface area contributed by atoms with Gasteiger partial charge in [0, 0.05) is 17.1 Å². The van der Waals surface area contributed by atoms with E-state index in [4.69, 9.17) is 22.1 Å². The van der Waals surface area contributed by atoms with Gasteiger partial charge in [-0.05, 0) is 24.1 Å². The van der Waals surface area contributed by atoms with E-state index in [-0.39, 0.29) is 6.10 Å². The highest BCUT2D eigenvalue weighted by Gasteiger charge is 2.15. The Balaban J connectivity index is 2.27. The average molecular weight is 276 g/mol. The third kappa shape index (κ3) is 3.28. The number of aryl methyl sites for hydroxylation is 1. The maximum absolute atomic E-state index is 6.20. The zero-order valence-electron chi connectivity index (χ0n) is 11.0. The van der Waals surface area contributed by atoms with Gasteiger partial charge in [0.05, 0.1) is 0 Å². The van der Waals surface area contributed by atoms with E-state index in [1.165, 1.54) is 5.56 Å². The van der Waals surface area contributed by atoms with Crippen molar-refractivity contribution in [3.63, 3.8) is 0 Å². The molecule has 0 heterocycles. The summed E-state index contributed by atoms with van der Waals surface area (Å²) in [6.45, 7) is 2.50. The minimum atomic E-state index is -0.221. The first-order valence-electron chi connectivity index (χ1n) is 6.45. The number of halogens is 1. The highest BCUT2D eigenvalue weighted by molar-refractivity contribution is 6.31. The monoisotopic (exact) mass is 275 g/mol. The van der Waals surface area contributed by atoms with Gasteiger partial charge in [-0.25, -0.2) is 0 Å². The van der Waals surface area contributed by atoms with Crippen molar-refractivity contribution in [1.82, 2.24) is 0 Å². The Bertz CT molecular complexity index is 542. The molecule has 0 fully saturated rings. The molecule has 2 aromatic carbocycles. The molecule has 0 bridgehead atoms. The zero-order chi connectivity index (χ0) is 13.7. The van der Waals surface area contributed by atoms with Gasteiger partial charge in [0.1, 0.15) is 11.9 Å². The van der Waals surface area contributed by atoms with Gasteiger partial charge in [-0.1, -0.05) is 54.9 Å². The summed E-state index contributed by atoms with van der Waals surface area (Å²) in [6.07, 6.45) is 0.706. The van der Waals surface area contributed by atoms with Crippen LogP contribution in [0.4, 0.5) is 0 Å². The molecule has 0 aliphatic carbocycles. The van der Waals surface area contributed by atoms with Crippen molar-refractivity contribution in [3.05, 3.63) is 64.7 Å². The molecule has 1 unspecified atom stereocenters. The standard InChI is InChI=1S/C16H18ClNO/c1-2-12-7-3-6-10-15(12)19-16(11-18)13-8-4-5-9-14(13)17/h3-10,16H,2,11,18H2,1H3. The van der Waals surface area contributed by atoms with Crippen LogP contribution in [0.15, 0.2) is 48.5 Å². The fourth-order valence-corrected chi connectivity index (χ4v) is 2.30. The lowest BCUT2D eigenvalue weighted by molar-refractivity contribution is 0.212. The second-order valence-corrected chi connectivity index (χ2v) is 4.73. The molecule has 0 amide bonds. The Kier molecular flexibility index (Phi) is 4.83. The van der Waals surface area contributed by atoms with Crippen molar-refractivity contribution >= 4 is 11.6 Å². The molecule has 0 saturated carbocycles. The van der Waals surface area contributed by atoms with Crippen LogP contribution in [0.2, 0.25) is 5.02 Å². The molecule has 3 heteroatoms. The van der Waals surface area contributed by atoms with Gasteiger partial charge >= 0.3 is 0 Å². The van der Waals surface area contributed by atoms with Crippen molar-refractivity contribution < 1.29 is 4.74 Å². The van der Waals surface area contributed by atoms with Crippen LogP contribution >= 0.6 is 11.6 Å². The van der Waals surface area contributed by atoms with Crippen molar-refractivity contribution in [1.29, 1.82) is 0 Å². The molecule has 100 valence electrons. The Morgan fingerprint density at radius 3 is 2.47 bits per heavy atom. The van der Waals surface area contributed by atoms with Gasteiger partial charge in [-0.2, -0.15) is 0 Å². The topological polar surface area (TPSA) is 35.2 Å². The van der Waals surface area contributed by atoms with Gasteiger partial charge in [0.25, 0.3) is 0 Å². The van der Waals surface area contributed by atoms with E-state index < -0.39 is 0 Å². The minimum Gasteiger partial charge on any atom is -0.484 e. The molecule has 2 aromatic rings.